The van der Waals surface area contributed by atoms with E-state index in [1.54, 1.807) is 0 Å². The van der Waals surface area contributed by atoms with Crippen LogP contribution in [0.4, 0.5) is 4.70 Å². The maximum atomic E-state index is 0. The van der Waals surface area contributed by atoms with Gasteiger partial charge in [0.1, 0.15) is 0 Å². The van der Waals surface area contributed by atoms with E-state index in [1.165, 1.54) is 0 Å². The minimum absolute atomic E-state index is 0. The molecular formula is H6AsFFeLaO. The molecule has 0 aliphatic heterocycles. The summed E-state index contributed by atoms with van der Waals surface area (Å²) in [5, 5.41) is 0. The van der Waals surface area contributed by atoms with Gasteiger partial charge in [-0.3, -0.25) is 4.70 Å². The first-order valence-electron chi connectivity index (χ1n) is 0. The zero-order valence-electron chi connectivity index (χ0n) is 2.55. The first-order valence-corrected chi connectivity index (χ1v) is 0. The SMILES string of the molecule is F.O.[AsH3].[Fe].[La]. The number of hydrogen-bond donors (Lipinski definition) is 0. The maximum Gasteiger partial charge on any atom is 0 e. The van der Waals surface area contributed by atoms with E-state index in [2.05, 4.69) is 0 Å². The Balaban J connectivity index is 0. The first-order chi connectivity index (χ1) is 0. The van der Waals surface area contributed by atoms with Crippen molar-refractivity contribution in [3.63, 3.8) is 0 Å². The Morgan fingerprint density at radius 2 is 1.00 bits per heavy atom. The van der Waals surface area contributed by atoms with Gasteiger partial charge in [-0.15, -0.1) is 0 Å². The van der Waals surface area contributed by atoms with E-state index in [9.17, 15) is 0 Å². The second-order valence-electron chi connectivity index (χ2n) is 0. The van der Waals surface area contributed by atoms with Gasteiger partial charge in [0, 0.05) is 52.7 Å². The molecule has 0 saturated carbocycles. The van der Waals surface area contributed by atoms with Crippen LogP contribution < -0.4 is 0 Å². The molecule has 0 aromatic rings. The zero-order valence-corrected chi connectivity index (χ0v) is 10.2. The van der Waals surface area contributed by atoms with Crippen LogP contribution in [0.1, 0.15) is 0 Å². The summed E-state index contributed by atoms with van der Waals surface area (Å²) >= 11 is 0. The predicted octanol–water partition coefficient (Wildman–Crippen LogP) is -1.86. The van der Waals surface area contributed by atoms with E-state index >= 15 is 0 Å². The van der Waals surface area contributed by atoms with Crippen LogP contribution in [-0.2, 0) is 17.1 Å². The molecule has 0 aliphatic rings. The minimum atomic E-state index is 0. The summed E-state index contributed by atoms with van der Waals surface area (Å²) in [6.45, 7) is 0. The summed E-state index contributed by atoms with van der Waals surface area (Å²) in [6.07, 6.45) is 0. The molecular weight excluding hydrogens is 305 g/mol. The molecule has 0 spiro atoms. The third kappa shape index (κ3) is 22.8. The third-order valence-electron chi connectivity index (χ3n) is 0. The van der Waals surface area contributed by atoms with Crippen molar-refractivity contribution in [2.45, 2.75) is 0 Å². The smallest absolute Gasteiger partial charge is 0 e. The summed E-state index contributed by atoms with van der Waals surface area (Å²) in [5.41, 5.74) is 0. The molecule has 1 radical (unpaired) electrons. The average molecular weight is 311 g/mol. The monoisotopic (exact) mass is 311 g/mol. The Labute approximate surface area is 79.7 Å². The van der Waals surface area contributed by atoms with Crippen molar-refractivity contribution in [2.24, 2.45) is 0 Å². The van der Waals surface area contributed by atoms with Gasteiger partial charge in [0.25, 0.3) is 0 Å². The molecule has 0 aromatic heterocycles. The van der Waals surface area contributed by atoms with Crippen LogP contribution in [0.2, 0.25) is 0 Å². The molecule has 0 rings (SSSR count). The first kappa shape index (κ1) is 58.2. The Kier molecular flexibility index (Phi) is 408. The molecule has 35 valence electrons. The average Bonchev–Trinajstić information content (AvgIpc) is 0. The molecule has 1 atom stereocenters. The van der Waals surface area contributed by atoms with Crippen LogP contribution in [0.5, 0.6) is 0 Å². The molecule has 0 bridgehead atoms. The van der Waals surface area contributed by atoms with Gasteiger partial charge in [-0.05, 0) is 0 Å². The van der Waals surface area contributed by atoms with Crippen molar-refractivity contribution in [3.8, 4) is 0 Å². The fraction of sp³-hybridized carbons (Fsp3) is 0. The van der Waals surface area contributed by atoms with Gasteiger partial charge in [0.15, 0.2) is 0 Å². The Morgan fingerprint density at radius 3 is 1.00 bits per heavy atom. The maximum absolute atomic E-state index is 0. The number of rotatable bonds is 0. The van der Waals surface area contributed by atoms with E-state index in [1.807, 2.05) is 0 Å². The largest absolute Gasteiger partial charge is 0 e. The molecule has 0 fully saturated rings. The van der Waals surface area contributed by atoms with Gasteiger partial charge < -0.3 is 5.48 Å². The van der Waals surface area contributed by atoms with E-state index in [4.69, 9.17) is 0 Å². The van der Waals surface area contributed by atoms with E-state index in [0.29, 0.717) is 0 Å². The summed E-state index contributed by atoms with van der Waals surface area (Å²) in [4.78, 5) is 0. The van der Waals surface area contributed by atoms with Gasteiger partial charge in [-0.2, -0.15) is 0 Å². The molecule has 0 aliphatic carbocycles. The zero-order chi connectivity index (χ0) is 0. The third-order valence-corrected chi connectivity index (χ3v) is 0. The van der Waals surface area contributed by atoms with Crippen molar-refractivity contribution in [3.05, 3.63) is 0 Å². The minimum Gasteiger partial charge on any atom is 0 e. The topological polar surface area (TPSA) is 31.5 Å². The standard InChI is InChI=1S/AsH3.FH.Fe.La.H2O/h1H3;1H;;;1H2. The molecule has 0 amide bonds. The van der Waals surface area contributed by atoms with Crippen LogP contribution in [0.15, 0.2) is 0 Å². The molecule has 1 nitrogen and oxygen atoms in total. The molecule has 1 unspecified atom stereocenters. The van der Waals surface area contributed by atoms with Crippen LogP contribution in [0, 0.1) is 35.6 Å². The van der Waals surface area contributed by atoms with E-state index in [0.717, 1.165) is 0 Å². The molecule has 0 aromatic carbocycles. The van der Waals surface area contributed by atoms with E-state index < -0.39 is 0 Å². The number of hydrogen-bond acceptors (Lipinski definition) is 0. The van der Waals surface area contributed by atoms with Gasteiger partial charge in [0.2, 0.25) is 0 Å². The molecule has 0 saturated heterocycles. The van der Waals surface area contributed by atoms with Crippen LogP contribution in [0.25, 0.3) is 0 Å². The van der Waals surface area contributed by atoms with Crippen LogP contribution in [0.3, 0.4) is 0 Å². The Morgan fingerprint density at radius 1 is 1.00 bits per heavy atom. The Hall–Kier alpha value is 2.16. The quantitative estimate of drug-likeness (QED) is 0.470. The van der Waals surface area contributed by atoms with Crippen molar-refractivity contribution >= 4 is 18.0 Å². The summed E-state index contributed by atoms with van der Waals surface area (Å²) in [6, 6.07) is 0. The second-order valence-corrected chi connectivity index (χ2v) is 0. The van der Waals surface area contributed by atoms with Crippen LogP contribution >= 0.6 is 0 Å². The summed E-state index contributed by atoms with van der Waals surface area (Å²) in [7, 11) is 0. The van der Waals surface area contributed by atoms with Gasteiger partial charge in [-0.25, -0.2) is 0 Å². The van der Waals surface area contributed by atoms with Gasteiger partial charge in [-0.1, -0.05) is 0 Å². The fourth-order valence-corrected chi connectivity index (χ4v) is 0. The van der Waals surface area contributed by atoms with Gasteiger partial charge >= 0.3 is 18.0 Å². The predicted molar refractivity (Wildman–Crippen MR) is 16.1 cm³/mol. The van der Waals surface area contributed by atoms with E-state index in [-0.39, 0.29) is 80.8 Å². The van der Waals surface area contributed by atoms with Crippen molar-refractivity contribution in [1.29, 1.82) is 0 Å². The molecule has 2 N–H and O–H groups in total. The number of halogens is 1. The Bertz CT molecular complexity index is 11.6. The van der Waals surface area contributed by atoms with Crippen molar-refractivity contribution in [1.82, 2.24) is 0 Å². The van der Waals surface area contributed by atoms with Gasteiger partial charge in [0.05, 0.1) is 0 Å². The van der Waals surface area contributed by atoms with Crippen molar-refractivity contribution < 1.29 is 62.8 Å². The summed E-state index contributed by atoms with van der Waals surface area (Å²) < 4.78 is 0. The molecule has 0 heterocycles. The van der Waals surface area contributed by atoms with Crippen LogP contribution in [-0.4, -0.2) is 23.4 Å². The normalized spacial score (nSPS) is 0. The second kappa shape index (κ2) is 35.1. The molecule has 5 heavy (non-hydrogen) atoms. The fourth-order valence-electron chi connectivity index (χ4n) is 0. The molecule has 5 heteroatoms. The van der Waals surface area contributed by atoms with Crippen molar-refractivity contribution in [2.75, 3.05) is 0 Å². The summed E-state index contributed by atoms with van der Waals surface area (Å²) in [5.74, 6) is 0.